The van der Waals surface area contributed by atoms with Crippen molar-refractivity contribution in [2.45, 2.75) is 6.54 Å². The maximum Gasteiger partial charge on any atom is 0.359 e. The summed E-state index contributed by atoms with van der Waals surface area (Å²) in [6, 6.07) is 5.72. The molecular weight excluding hydrogens is 297 g/mol. The Kier molecular flexibility index (Phi) is 6.14. The third-order valence-electron chi connectivity index (χ3n) is 2.42. The van der Waals surface area contributed by atoms with Crippen LogP contribution in [0.15, 0.2) is 24.3 Å². The molecule has 0 bridgehead atoms. The van der Waals surface area contributed by atoms with Gasteiger partial charge in [0.1, 0.15) is 5.82 Å². The predicted molar refractivity (Wildman–Crippen MR) is 72.4 cm³/mol. The third-order valence-corrected chi connectivity index (χ3v) is 2.42. The number of hydrogen-bond acceptors (Lipinski definition) is 5. The van der Waals surface area contributed by atoms with Crippen molar-refractivity contribution >= 4 is 11.9 Å². The molecule has 0 amide bonds. The Morgan fingerprint density at radius 3 is 2.32 bits per heavy atom. The average molecular weight is 311 g/mol. The third kappa shape index (κ3) is 4.09. The van der Waals surface area contributed by atoms with Gasteiger partial charge in [-0.25, -0.2) is 18.7 Å². The molecule has 1 heterocycles. The van der Waals surface area contributed by atoms with Gasteiger partial charge in [-0.3, -0.25) is 0 Å². The van der Waals surface area contributed by atoms with E-state index in [1.165, 1.54) is 18.2 Å². The van der Waals surface area contributed by atoms with Gasteiger partial charge in [0.15, 0.2) is 5.69 Å². The van der Waals surface area contributed by atoms with Crippen LogP contribution in [0.1, 0.15) is 26.5 Å². The van der Waals surface area contributed by atoms with E-state index < -0.39 is 29.1 Å². The zero-order valence-electron chi connectivity index (χ0n) is 11.9. The van der Waals surface area contributed by atoms with Crippen molar-refractivity contribution in [2.24, 2.45) is 0 Å². The highest BCUT2D eigenvalue weighted by Gasteiger charge is 2.25. The standard InChI is InChI=1S/C11H8FN3O4.C2H6O/c12-7-4-2-1-3-6(7)5-15-9(11(18)19)8(10(16)17)13-14-15;1-3-2/h1-4H,5H2,(H,16,17)(H,18,19);1-2H3. The van der Waals surface area contributed by atoms with E-state index in [1.807, 2.05) is 0 Å². The molecule has 0 unspecified atom stereocenters. The largest absolute Gasteiger partial charge is 0.476 e. The second-order valence-electron chi connectivity index (χ2n) is 4.05. The lowest BCUT2D eigenvalue weighted by molar-refractivity contribution is 0.0640. The summed E-state index contributed by atoms with van der Waals surface area (Å²) in [5.74, 6) is -3.53. The molecule has 0 saturated carbocycles. The summed E-state index contributed by atoms with van der Waals surface area (Å²) in [5, 5.41) is 24.5. The first-order valence-corrected chi connectivity index (χ1v) is 5.96. The van der Waals surface area contributed by atoms with E-state index in [0.29, 0.717) is 0 Å². The summed E-state index contributed by atoms with van der Waals surface area (Å²) in [4.78, 5) is 21.8. The number of rotatable bonds is 4. The Bertz CT molecular complexity index is 671. The number of carboxylic acids is 2. The summed E-state index contributed by atoms with van der Waals surface area (Å²) in [7, 11) is 3.25. The highest BCUT2D eigenvalue weighted by atomic mass is 19.1. The first-order valence-electron chi connectivity index (χ1n) is 5.96. The summed E-state index contributed by atoms with van der Waals surface area (Å²) in [6.45, 7) is -0.214. The fourth-order valence-corrected chi connectivity index (χ4v) is 1.57. The quantitative estimate of drug-likeness (QED) is 0.869. The number of ether oxygens (including phenoxy) is 1. The molecule has 0 aliphatic heterocycles. The maximum absolute atomic E-state index is 13.4. The van der Waals surface area contributed by atoms with Crippen LogP contribution >= 0.6 is 0 Å². The average Bonchev–Trinajstić information content (AvgIpc) is 2.86. The zero-order chi connectivity index (χ0) is 16.7. The van der Waals surface area contributed by atoms with Gasteiger partial charge in [0.2, 0.25) is 5.69 Å². The second kappa shape index (κ2) is 7.84. The molecule has 22 heavy (non-hydrogen) atoms. The number of aromatic carboxylic acids is 2. The summed E-state index contributed by atoms with van der Waals surface area (Å²) < 4.78 is 18.5. The Morgan fingerprint density at radius 2 is 1.82 bits per heavy atom. The number of methoxy groups -OCH3 is 1. The van der Waals surface area contributed by atoms with E-state index in [4.69, 9.17) is 10.2 Å². The van der Waals surface area contributed by atoms with Gasteiger partial charge in [0.05, 0.1) is 6.54 Å². The van der Waals surface area contributed by atoms with E-state index in [2.05, 4.69) is 15.0 Å². The number of halogens is 1. The van der Waals surface area contributed by atoms with Gasteiger partial charge in [0, 0.05) is 19.8 Å². The molecule has 0 aliphatic carbocycles. The molecule has 0 aliphatic rings. The number of aromatic nitrogens is 3. The first-order chi connectivity index (χ1) is 10.4. The molecule has 0 atom stereocenters. The van der Waals surface area contributed by atoms with Crippen LogP contribution in [0.5, 0.6) is 0 Å². The Morgan fingerprint density at radius 1 is 1.23 bits per heavy atom. The van der Waals surface area contributed by atoms with Gasteiger partial charge in [-0.15, -0.1) is 5.10 Å². The van der Waals surface area contributed by atoms with Crippen LogP contribution in [-0.2, 0) is 11.3 Å². The molecule has 2 N–H and O–H groups in total. The lowest BCUT2D eigenvalue weighted by atomic mass is 10.2. The van der Waals surface area contributed by atoms with Crippen molar-refractivity contribution in [2.75, 3.05) is 14.2 Å². The number of carboxylic acid groups (broad SMARTS) is 2. The van der Waals surface area contributed by atoms with Crippen LogP contribution in [-0.4, -0.2) is 51.4 Å². The lowest BCUT2D eigenvalue weighted by Gasteiger charge is -2.04. The molecule has 0 radical (unpaired) electrons. The lowest BCUT2D eigenvalue weighted by Crippen LogP contribution is -2.15. The van der Waals surface area contributed by atoms with E-state index in [-0.39, 0.29) is 12.1 Å². The van der Waals surface area contributed by atoms with Crippen molar-refractivity contribution in [3.8, 4) is 0 Å². The summed E-state index contributed by atoms with van der Waals surface area (Å²) in [5.41, 5.74) is -1.08. The van der Waals surface area contributed by atoms with E-state index in [0.717, 1.165) is 4.68 Å². The van der Waals surface area contributed by atoms with Gasteiger partial charge in [-0.05, 0) is 6.07 Å². The molecule has 1 aromatic carbocycles. The molecule has 0 saturated heterocycles. The van der Waals surface area contributed by atoms with Crippen LogP contribution in [0, 0.1) is 5.82 Å². The molecule has 8 nitrogen and oxygen atoms in total. The van der Waals surface area contributed by atoms with Crippen LogP contribution in [0.4, 0.5) is 4.39 Å². The topological polar surface area (TPSA) is 115 Å². The van der Waals surface area contributed by atoms with Crippen LogP contribution in [0.25, 0.3) is 0 Å². The van der Waals surface area contributed by atoms with Gasteiger partial charge < -0.3 is 14.9 Å². The zero-order valence-corrected chi connectivity index (χ0v) is 11.9. The maximum atomic E-state index is 13.4. The number of benzene rings is 1. The number of hydrogen-bond donors (Lipinski definition) is 2. The van der Waals surface area contributed by atoms with Crippen molar-refractivity contribution < 1.29 is 28.9 Å². The van der Waals surface area contributed by atoms with Crippen molar-refractivity contribution in [3.05, 3.63) is 47.0 Å². The fraction of sp³-hybridized carbons (Fsp3) is 0.231. The number of nitrogens with zero attached hydrogens (tertiary/aromatic N) is 3. The smallest absolute Gasteiger partial charge is 0.359 e. The minimum atomic E-state index is -1.50. The molecule has 1 aromatic heterocycles. The SMILES string of the molecule is COC.O=C(O)c1nnn(Cc2ccccc2F)c1C(=O)O. The normalized spacial score (nSPS) is 9.77. The minimum absolute atomic E-state index is 0.187. The van der Waals surface area contributed by atoms with Gasteiger partial charge in [-0.2, -0.15) is 0 Å². The van der Waals surface area contributed by atoms with E-state index in [9.17, 15) is 14.0 Å². The van der Waals surface area contributed by atoms with Crippen LogP contribution < -0.4 is 0 Å². The monoisotopic (exact) mass is 311 g/mol. The molecular formula is C13H14FN3O5. The molecule has 0 spiro atoms. The number of carbonyl (C=O) groups is 2. The summed E-state index contributed by atoms with van der Waals surface area (Å²) in [6.07, 6.45) is 0. The van der Waals surface area contributed by atoms with Crippen LogP contribution in [0.3, 0.4) is 0 Å². The molecule has 118 valence electrons. The fourth-order valence-electron chi connectivity index (χ4n) is 1.57. The second-order valence-corrected chi connectivity index (χ2v) is 4.05. The molecule has 2 rings (SSSR count). The Balaban J connectivity index is 0.000000745. The Labute approximate surface area is 124 Å². The minimum Gasteiger partial charge on any atom is -0.476 e. The van der Waals surface area contributed by atoms with Crippen molar-refractivity contribution in [1.29, 1.82) is 0 Å². The molecule has 2 aromatic rings. The molecule has 9 heteroatoms. The first kappa shape index (κ1) is 17.2. The van der Waals surface area contributed by atoms with Crippen molar-refractivity contribution in [3.63, 3.8) is 0 Å². The highest BCUT2D eigenvalue weighted by molar-refractivity contribution is 5.98. The van der Waals surface area contributed by atoms with Gasteiger partial charge >= 0.3 is 11.9 Å². The van der Waals surface area contributed by atoms with Gasteiger partial charge in [0.25, 0.3) is 0 Å². The van der Waals surface area contributed by atoms with E-state index >= 15 is 0 Å². The molecule has 0 fully saturated rings. The van der Waals surface area contributed by atoms with Crippen molar-refractivity contribution in [1.82, 2.24) is 15.0 Å². The highest BCUT2D eigenvalue weighted by Crippen LogP contribution is 2.12. The Hall–Kier alpha value is -2.81. The van der Waals surface area contributed by atoms with E-state index in [1.54, 1.807) is 20.3 Å². The van der Waals surface area contributed by atoms with Gasteiger partial charge in [-0.1, -0.05) is 23.4 Å². The van der Waals surface area contributed by atoms with Crippen LogP contribution in [0.2, 0.25) is 0 Å². The predicted octanol–water partition coefficient (Wildman–Crippen LogP) is 1.12. The summed E-state index contributed by atoms with van der Waals surface area (Å²) >= 11 is 0.